The van der Waals surface area contributed by atoms with E-state index in [9.17, 15) is 19.1 Å². The number of carbonyl (C=O) groups is 2. The van der Waals surface area contributed by atoms with E-state index < -0.39 is 35.2 Å². The third-order valence-electron chi connectivity index (χ3n) is 7.84. The first kappa shape index (κ1) is 29.5. The number of benzene rings is 3. The van der Waals surface area contributed by atoms with E-state index in [1.54, 1.807) is 38.7 Å². The van der Waals surface area contributed by atoms with E-state index in [1.807, 2.05) is 6.92 Å². The number of methoxy groups -OCH3 is 1. The van der Waals surface area contributed by atoms with E-state index in [-0.39, 0.29) is 23.6 Å². The van der Waals surface area contributed by atoms with Gasteiger partial charge in [0.05, 0.1) is 19.3 Å². The molecule has 9 heteroatoms. The van der Waals surface area contributed by atoms with E-state index in [2.05, 4.69) is 0 Å². The molecular formula is C33H35F2NO6. The first-order valence-electron chi connectivity index (χ1n) is 14.0. The number of rotatable bonds is 6. The second kappa shape index (κ2) is 11.0. The molecule has 1 N–H and O–H groups in total. The molecule has 0 saturated carbocycles. The second-order valence-electron chi connectivity index (χ2n) is 11.8. The maximum absolute atomic E-state index is 15.6. The number of halogens is 2. The van der Waals surface area contributed by atoms with Crippen molar-refractivity contribution in [2.75, 3.05) is 25.2 Å². The van der Waals surface area contributed by atoms with E-state index in [0.717, 1.165) is 23.6 Å². The van der Waals surface area contributed by atoms with Crippen LogP contribution in [0, 0.1) is 25.5 Å². The van der Waals surface area contributed by atoms with Crippen LogP contribution < -0.4 is 14.4 Å². The lowest BCUT2D eigenvalue weighted by Crippen LogP contribution is -2.30. The molecule has 42 heavy (non-hydrogen) atoms. The second-order valence-corrected chi connectivity index (χ2v) is 11.8. The average Bonchev–Trinajstić information content (AvgIpc) is 3.35. The molecule has 0 aromatic heterocycles. The summed E-state index contributed by atoms with van der Waals surface area (Å²) in [5, 5.41) is 10.4. The molecule has 2 heterocycles. The molecule has 2 aliphatic heterocycles. The van der Waals surface area contributed by atoms with E-state index >= 15 is 4.39 Å². The molecule has 0 saturated heterocycles. The van der Waals surface area contributed by atoms with Gasteiger partial charge in [-0.1, -0.05) is 0 Å². The number of hydrogen-bond donors (Lipinski definition) is 1. The van der Waals surface area contributed by atoms with Crippen molar-refractivity contribution in [3.8, 4) is 22.6 Å². The molecule has 2 aliphatic rings. The predicted octanol–water partition coefficient (Wildman–Crippen LogP) is 6.73. The van der Waals surface area contributed by atoms with Gasteiger partial charge >= 0.3 is 5.97 Å². The summed E-state index contributed by atoms with van der Waals surface area (Å²) in [5.41, 5.74) is 4.26. The fraction of sp³-hybridized carbons (Fsp3) is 0.394. The lowest BCUT2D eigenvalue weighted by atomic mass is 9.83. The molecular weight excluding hydrogens is 544 g/mol. The Labute approximate surface area is 244 Å². The van der Waals surface area contributed by atoms with Crippen LogP contribution in [0.4, 0.5) is 14.5 Å². The summed E-state index contributed by atoms with van der Waals surface area (Å²) in [4.78, 5) is 27.9. The Hall–Kier alpha value is -3.98. The van der Waals surface area contributed by atoms with E-state index in [4.69, 9.17) is 14.2 Å². The SMILES string of the molecule is COc1ccc(C(=O)N2CCc3c2cc(C)c([C@H](OC(C)(C)C)C(=O)O)c3-c2cc(F)c3c(c2C)CCCO3)cc1F. The molecule has 1 amide bonds. The van der Waals surface area contributed by atoms with Gasteiger partial charge in [0.25, 0.3) is 5.91 Å². The highest BCUT2D eigenvalue weighted by Crippen LogP contribution is 2.48. The molecule has 1 atom stereocenters. The average molecular weight is 580 g/mol. The smallest absolute Gasteiger partial charge is 0.337 e. The van der Waals surface area contributed by atoms with Crippen molar-refractivity contribution in [3.63, 3.8) is 0 Å². The van der Waals surface area contributed by atoms with Crippen molar-refractivity contribution in [2.45, 2.75) is 65.6 Å². The van der Waals surface area contributed by atoms with Crippen molar-refractivity contribution in [1.82, 2.24) is 0 Å². The van der Waals surface area contributed by atoms with Crippen LogP contribution in [-0.4, -0.2) is 42.8 Å². The Balaban J connectivity index is 1.75. The number of carbonyl (C=O) groups excluding carboxylic acids is 1. The maximum atomic E-state index is 15.6. The third kappa shape index (κ3) is 5.22. The van der Waals surface area contributed by atoms with Gasteiger partial charge in [-0.15, -0.1) is 0 Å². The van der Waals surface area contributed by atoms with E-state index in [1.165, 1.54) is 25.3 Å². The maximum Gasteiger partial charge on any atom is 0.337 e. The first-order chi connectivity index (χ1) is 19.8. The minimum absolute atomic E-state index is 0.0311. The highest BCUT2D eigenvalue weighted by molar-refractivity contribution is 6.08. The Morgan fingerprint density at radius 2 is 1.79 bits per heavy atom. The van der Waals surface area contributed by atoms with Crippen molar-refractivity contribution in [1.29, 1.82) is 0 Å². The fourth-order valence-corrected chi connectivity index (χ4v) is 6.01. The van der Waals surface area contributed by atoms with Crippen LogP contribution in [0.5, 0.6) is 11.5 Å². The number of hydrogen-bond acceptors (Lipinski definition) is 5. The summed E-state index contributed by atoms with van der Waals surface area (Å²) < 4.78 is 46.8. The summed E-state index contributed by atoms with van der Waals surface area (Å²) >= 11 is 0. The van der Waals surface area contributed by atoms with Crippen LogP contribution in [0.2, 0.25) is 0 Å². The Morgan fingerprint density at radius 1 is 1.05 bits per heavy atom. The molecule has 5 rings (SSSR count). The van der Waals surface area contributed by atoms with Crippen molar-refractivity contribution in [3.05, 3.63) is 75.3 Å². The molecule has 222 valence electrons. The minimum atomic E-state index is -1.35. The van der Waals surface area contributed by atoms with Gasteiger partial charge in [0.2, 0.25) is 0 Å². The van der Waals surface area contributed by atoms with Crippen LogP contribution >= 0.6 is 0 Å². The van der Waals surface area contributed by atoms with Gasteiger partial charge in [-0.25, -0.2) is 13.6 Å². The van der Waals surface area contributed by atoms with Crippen LogP contribution in [0.1, 0.15) is 71.5 Å². The summed E-state index contributed by atoms with van der Waals surface area (Å²) in [6.45, 7) is 9.70. The number of aryl methyl sites for hydroxylation is 1. The topological polar surface area (TPSA) is 85.3 Å². The van der Waals surface area contributed by atoms with Gasteiger partial charge in [-0.3, -0.25) is 4.79 Å². The zero-order chi connectivity index (χ0) is 30.5. The van der Waals surface area contributed by atoms with Crippen LogP contribution in [0.25, 0.3) is 11.1 Å². The van der Waals surface area contributed by atoms with E-state index in [0.29, 0.717) is 53.0 Å². The Kier molecular flexibility index (Phi) is 7.74. The Bertz CT molecular complexity index is 1590. The van der Waals surface area contributed by atoms with Gasteiger partial charge in [-0.05, 0) is 112 Å². The first-order valence-corrected chi connectivity index (χ1v) is 14.0. The zero-order valence-corrected chi connectivity index (χ0v) is 24.7. The lowest BCUT2D eigenvalue weighted by Gasteiger charge is -2.30. The van der Waals surface area contributed by atoms with Gasteiger partial charge in [0.1, 0.15) is 0 Å². The van der Waals surface area contributed by atoms with Crippen LogP contribution in [0.15, 0.2) is 30.3 Å². The van der Waals surface area contributed by atoms with Crippen molar-refractivity contribution < 1.29 is 37.7 Å². The highest BCUT2D eigenvalue weighted by atomic mass is 19.1. The van der Waals surface area contributed by atoms with Crippen molar-refractivity contribution >= 4 is 17.6 Å². The summed E-state index contributed by atoms with van der Waals surface area (Å²) in [7, 11) is 1.35. The molecule has 0 radical (unpaired) electrons. The largest absolute Gasteiger partial charge is 0.494 e. The lowest BCUT2D eigenvalue weighted by molar-refractivity contribution is -0.160. The molecule has 0 aliphatic carbocycles. The molecule has 0 spiro atoms. The summed E-state index contributed by atoms with van der Waals surface area (Å²) in [6, 6.07) is 7.22. The normalized spacial score (nSPS) is 15.1. The summed E-state index contributed by atoms with van der Waals surface area (Å²) in [6.07, 6.45) is 0.407. The Morgan fingerprint density at radius 3 is 2.43 bits per heavy atom. The van der Waals surface area contributed by atoms with Gasteiger partial charge < -0.3 is 24.2 Å². The van der Waals surface area contributed by atoms with Gasteiger partial charge in [0, 0.05) is 28.9 Å². The number of fused-ring (bicyclic) bond motifs is 2. The monoisotopic (exact) mass is 579 g/mol. The molecule has 0 unspecified atom stereocenters. The molecule has 3 aromatic carbocycles. The number of aliphatic carboxylic acids is 1. The van der Waals surface area contributed by atoms with Crippen LogP contribution in [-0.2, 0) is 22.4 Å². The molecule has 0 fully saturated rings. The third-order valence-corrected chi connectivity index (χ3v) is 7.84. The summed E-state index contributed by atoms with van der Waals surface area (Å²) in [5.74, 6) is -2.49. The van der Waals surface area contributed by atoms with Gasteiger partial charge in [0.15, 0.2) is 29.2 Å². The quantitative estimate of drug-likeness (QED) is 0.349. The molecule has 7 nitrogen and oxygen atoms in total. The number of carboxylic acid groups (broad SMARTS) is 1. The molecule has 3 aromatic rings. The fourth-order valence-electron chi connectivity index (χ4n) is 6.01. The van der Waals surface area contributed by atoms with Gasteiger partial charge in [-0.2, -0.15) is 0 Å². The zero-order valence-electron chi connectivity index (χ0n) is 24.7. The minimum Gasteiger partial charge on any atom is -0.494 e. The predicted molar refractivity (Wildman–Crippen MR) is 155 cm³/mol. The highest BCUT2D eigenvalue weighted by Gasteiger charge is 2.37. The standard InChI is InChI=1S/C33H35F2NO6/c1-17-14-25-21(11-12-36(25)31(37)19-9-10-26(40-6)23(34)15-19)28(27(17)30(32(38)39)42-33(3,4)5)22-16-24(35)29-20(18(22)2)8-7-13-41-29/h9-10,14-16,30H,7-8,11-13H2,1-6H3,(H,38,39)/t30-/m0/s1. The van der Waals surface area contributed by atoms with Crippen molar-refractivity contribution in [2.24, 2.45) is 0 Å². The number of amides is 1. The number of anilines is 1. The van der Waals surface area contributed by atoms with Crippen LogP contribution in [0.3, 0.4) is 0 Å². The number of carboxylic acids is 1. The number of nitrogens with zero attached hydrogens (tertiary/aromatic N) is 1. The number of ether oxygens (including phenoxy) is 3. The molecule has 0 bridgehead atoms.